The second-order valence-electron chi connectivity index (χ2n) is 25.9. The summed E-state index contributed by atoms with van der Waals surface area (Å²) in [5.41, 5.74) is 21.8. The van der Waals surface area contributed by atoms with Crippen LogP contribution in [0.25, 0.3) is 33.4 Å². The topological polar surface area (TPSA) is 43.4 Å². The fourth-order valence-electron chi connectivity index (χ4n) is 15.5. The molecule has 0 aromatic heterocycles. The fraction of sp³-hybridized carbons (Fsp3) is 0.186. The highest BCUT2D eigenvalue weighted by Gasteiger charge is 2.50. The van der Waals surface area contributed by atoms with Crippen molar-refractivity contribution in [3.63, 3.8) is 0 Å². The Morgan fingerprint density at radius 1 is 0.370 bits per heavy atom. The molecule has 0 amide bonds. The van der Waals surface area contributed by atoms with E-state index in [0.29, 0.717) is 13.2 Å². The van der Waals surface area contributed by atoms with E-state index >= 15 is 0 Å². The van der Waals surface area contributed by atoms with E-state index in [0.717, 1.165) is 102 Å². The van der Waals surface area contributed by atoms with Gasteiger partial charge in [0, 0.05) is 34.1 Å². The molecule has 0 N–H and O–H groups in total. The van der Waals surface area contributed by atoms with Crippen molar-refractivity contribution in [1.82, 2.24) is 0 Å². The normalized spacial score (nSPS) is 19.1. The van der Waals surface area contributed by atoms with Crippen molar-refractivity contribution in [2.45, 2.75) is 43.9 Å². The van der Waals surface area contributed by atoms with Crippen LogP contribution in [0.5, 0.6) is 11.5 Å². The standard InChI is InChI=1S/C86H74N2O4/c1-3-83(55-89-56-83)59-91-73-47-37-65(38-48-73)85(63-21-9-5-10-22-63)79-31-19-17-29-75(79)77-51-45-71(53-81(77)85)87(67-25-13-7-14-26-67)69-41-33-61(34-42-69)62-35-43-70(44-36-62)88(68-27-15-8-16-28-68)72-46-52-78-76-30-18-20-32-80(76)86(82(78)54-72,64-23-11-6-12-24-64)66-39-49-74(50-40-66)92-60-84(4-2)57-90-58-84/h5-23,25-54,64H,3-4,24,55-60H2,1-2H3. The predicted octanol–water partition coefficient (Wildman–Crippen LogP) is 20.7. The lowest BCUT2D eigenvalue weighted by atomic mass is 9.62. The molecule has 92 heavy (non-hydrogen) atoms. The molecule has 6 heteroatoms. The van der Waals surface area contributed by atoms with Crippen LogP contribution in [0.1, 0.15) is 72.1 Å². The number of allylic oxidation sites excluding steroid dienone is 4. The number of hydrogen-bond donors (Lipinski definition) is 0. The number of rotatable bonds is 19. The van der Waals surface area contributed by atoms with Crippen LogP contribution in [-0.4, -0.2) is 39.6 Å². The molecular weight excluding hydrogens is 1120 g/mol. The maximum absolute atomic E-state index is 6.52. The third-order valence-electron chi connectivity index (χ3n) is 20.8. The first-order valence-corrected chi connectivity index (χ1v) is 32.8. The Hall–Kier alpha value is -9.98. The number of anilines is 6. The van der Waals surface area contributed by atoms with Gasteiger partial charge in [-0.1, -0.05) is 214 Å². The van der Waals surface area contributed by atoms with Gasteiger partial charge in [-0.15, -0.1) is 0 Å². The smallest absolute Gasteiger partial charge is 0.119 e. The minimum absolute atomic E-state index is 0.0858. The molecule has 2 aliphatic heterocycles. The second kappa shape index (κ2) is 23.7. The Bertz CT molecular complexity index is 4510. The summed E-state index contributed by atoms with van der Waals surface area (Å²) in [7, 11) is 0. The Morgan fingerprint density at radius 3 is 1.27 bits per heavy atom. The summed E-state index contributed by atoms with van der Waals surface area (Å²) in [4.78, 5) is 4.82. The molecule has 6 nitrogen and oxygen atoms in total. The van der Waals surface area contributed by atoms with Gasteiger partial charge in [0.05, 0.1) is 61.3 Å². The summed E-state index contributed by atoms with van der Waals surface area (Å²) in [5.74, 6) is 1.94. The summed E-state index contributed by atoms with van der Waals surface area (Å²) >= 11 is 0. The van der Waals surface area contributed by atoms with Gasteiger partial charge in [0.1, 0.15) is 11.5 Å². The van der Waals surface area contributed by atoms with Gasteiger partial charge >= 0.3 is 0 Å². The van der Waals surface area contributed by atoms with E-state index in [2.05, 4.69) is 321 Å². The molecule has 11 aromatic carbocycles. The number of fused-ring (bicyclic) bond motifs is 6. The van der Waals surface area contributed by atoms with Gasteiger partial charge in [-0.05, 0) is 195 Å². The van der Waals surface area contributed by atoms with Crippen LogP contribution in [0, 0.1) is 16.7 Å². The van der Waals surface area contributed by atoms with Crippen molar-refractivity contribution in [3.8, 4) is 44.9 Å². The average molecular weight is 1200 g/mol. The molecule has 2 fully saturated rings. The first-order valence-electron chi connectivity index (χ1n) is 32.8. The van der Waals surface area contributed by atoms with Crippen LogP contribution in [0.3, 0.4) is 0 Å². The fourth-order valence-corrected chi connectivity index (χ4v) is 15.5. The van der Waals surface area contributed by atoms with E-state index in [1.807, 2.05) is 0 Å². The van der Waals surface area contributed by atoms with Crippen molar-refractivity contribution in [2.24, 2.45) is 16.7 Å². The molecule has 5 aliphatic rings. The molecule has 3 unspecified atom stereocenters. The minimum Gasteiger partial charge on any atom is -0.493 e. The third-order valence-corrected chi connectivity index (χ3v) is 20.8. The van der Waals surface area contributed by atoms with E-state index < -0.39 is 10.8 Å². The minimum atomic E-state index is -0.600. The molecule has 0 radical (unpaired) electrons. The van der Waals surface area contributed by atoms with E-state index in [1.165, 1.54) is 61.2 Å². The van der Waals surface area contributed by atoms with Gasteiger partial charge < -0.3 is 28.7 Å². The summed E-state index contributed by atoms with van der Waals surface area (Å²) in [6.45, 7) is 8.78. The number of ether oxygens (including phenoxy) is 4. The SMILES string of the molecule is CCC1(COc2ccc(C3(c4ccccc4)c4ccccc4-c4ccc(N(c5ccccc5)c5ccc(-c6ccc(N(c7ccccc7)c7ccc8c(c7)C(c7ccc(OCC9(CC)COC9)cc7)(C7C=CC=CC7)c7ccccc7-8)cc6)cc5)cc43)cc2)COC1. The zero-order valence-electron chi connectivity index (χ0n) is 52.3. The molecule has 2 heterocycles. The van der Waals surface area contributed by atoms with Crippen LogP contribution >= 0.6 is 0 Å². The molecular formula is C86H74N2O4. The van der Waals surface area contributed by atoms with E-state index in [4.69, 9.17) is 18.9 Å². The van der Waals surface area contributed by atoms with Crippen molar-refractivity contribution < 1.29 is 18.9 Å². The summed E-state index contributed by atoms with van der Waals surface area (Å²) in [5, 5.41) is 0. The van der Waals surface area contributed by atoms with Crippen molar-refractivity contribution in [3.05, 3.63) is 336 Å². The highest BCUT2D eigenvalue weighted by Crippen LogP contribution is 2.60. The van der Waals surface area contributed by atoms with Crippen molar-refractivity contribution >= 4 is 34.1 Å². The van der Waals surface area contributed by atoms with Gasteiger partial charge in [-0.3, -0.25) is 0 Å². The van der Waals surface area contributed by atoms with Gasteiger partial charge in [0.15, 0.2) is 0 Å². The first kappa shape index (κ1) is 57.2. The monoisotopic (exact) mass is 1200 g/mol. The number of benzene rings is 11. The van der Waals surface area contributed by atoms with Crippen molar-refractivity contribution in [1.29, 1.82) is 0 Å². The van der Waals surface area contributed by atoms with Crippen LogP contribution in [0.15, 0.2) is 297 Å². The van der Waals surface area contributed by atoms with Gasteiger partial charge in [-0.2, -0.15) is 0 Å². The molecule has 452 valence electrons. The maximum atomic E-state index is 6.52. The van der Waals surface area contributed by atoms with Gasteiger partial charge in [-0.25, -0.2) is 0 Å². The van der Waals surface area contributed by atoms with Crippen LogP contribution in [0.2, 0.25) is 0 Å². The van der Waals surface area contributed by atoms with Gasteiger partial charge in [0.2, 0.25) is 0 Å². The highest BCUT2D eigenvalue weighted by atomic mass is 16.5. The highest BCUT2D eigenvalue weighted by molar-refractivity contribution is 5.91. The second-order valence-corrected chi connectivity index (χ2v) is 25.9. The van der Waals surface area contributed by atoms with E-state index in [-0.39, 0.29) is 16.7 Å². The largest absolute Gasteiger partial charge is 0.493 e. The Labute approximate surface area is 541 Å². The van der Waals surface area contributed by atoms with Crippen molar-refractivity contribution in [2.75, 3.05) is 49.4 Å². The third kappa shape index (κ3) is 9.61. The Balaban J connectivity index is 0.742. The lowest BCUT2D eigenvalue weighted by Gasteiger charge is -2.41. The molecule has 11 aromatic rings. The molecule has 3 aliphatic carbocycles. The lowest BCUT2D eigenvalue weighted by molar-refractivity contribution is -0.133. The van der Waals surface area contributed by atoms with Crippen LogP contribution < -0.4 is 19.3 Å². The Morgan fingerprint density at radius 2 is 0.783 bits per heavy atom. The van der Waals surface area contributed by atoms with Crippen LogP contribution in [-0.2, 0) is 20.3 Å². The molecule has 2 saturated heterocycles. The summed E-state index contributed by atoms with van der Waals surface area (Å²) in [6, 6.07) is 101. The Kier molecular flexibility index (Phi) is 14.7. The zero-order valence-corrected chi connectivity index (χ0v) is 52.3. The number of nitrogens with zero attached hydrogens (tertiary/aromatic N) is 2. The van der Waals surface area contributed by atoms with E-state index in [1.54, 1.807) is 0 Å². The predicted molar refractivity (Wildman–Crippen MR) is 375 cm³/mol. The number of para-hydroxylation sites is 2. The molecule has 0 saturated carbocycles. The number of hydrogen-bond acceptors (Lipinski definition) is 6. The molecule has 0 spiro atoms. The first-order chi connectivity index (χ1) is 45.4. The molecule has 16 rings (SSSR count). The zero-order chi connectivity index (χ0) is 61.7. The van der Waals surface area contributed by atoms with Crippen LogP contribution in [0.4, 0.5) is 34.1 Å². The lowest BCUT2D eigenvalue weighted by Crippen LogP contribution is -2.46. The average Bonchev–Trinajstić information content (AvgIpc) is 1.53. The maximum Gasteiger partial charge on any atom is 0.119 e. The summed E-state index contributed by atoms with van der Waals surface area (Å²) in [6.07, 6.45) is 12.2. The summed E-state index contributed by atoms with van der Waals surface area (Å²) < 4.78 is 24.3. The van der Waals surface area contributed by atoms with Gasteiger partial charge in [0.25, 0.3) is 0 Å². The molecule has 3 atom stereocenters. The van der Waals surface area contributed by atoms with E-state index in [9.17, 15) is 0 Å². The quantitative estimate of drug-likeness (QED) is 0.0804. The molecule has 0 bridgehead atoms.